The van der Waals surface area contributed by atoms with Crippen LogP contribution in [0.1, 0.15) is 11.6 Å². The first-order valence-corrected chi connectivity index (χ1v) is 9.40. The maximum absolute atomic E-state index is 5.52. The van der Waals surface area contributed by atoms with Gasteiger partial charge in [0.1, 0.15) is 17.3 Å². The molecule has 0 radical (unpaired) electrons. The van der Waals surface area contributed by atoms with Crippen LogP contribution < -0.4 is 4.74 Å². The molecule has 0 aliphatic carbocycles. The molecule has 132 valence electrons. The summed E-state index contributed by atoms with van der Waals surface area (Å²) in [4.78, 5) is 4.40. The molecule has 0 bridgehead atoms. The highest BCUT2D eigenvalue weighted by molar-refractivity contribution is 8.00. The van der Waals surface area contributed by atoms with E-state index in [9.17, 15) is 0 Å². The Morgan fingerprint density at radius 2 is 2.15 bits per heavy atom. The minimum atomic E-state index is 0.520. The number of ether oxygens (including phenoxy) is 1. The van der Waals surface area contributed by atoms with Crippen LogP contribution in [0, 0.1) is 6.92 Å². The van der Waals surface area contributed by atoms with Crippen molar-refractivity contribution in [3.05, 3.63) is 54.2 Å². The Balaban J connectivity index is 1.75. The lowest BCUT2D eigenvalue weighted by Crippen LogP contribution is -2.03. The smallest absolute Gasteiger partial charge is 0.199 e. The molecule has 4 rings (SSSR count). The summed E-state index contributed by atoms with van der Waals surface area (Å²) < 4.78 is 17.9. The average molecular weight is 385 g/mol. The summed E-state index contributed by atoms with van der Waals surface area (Å²) in [5, 5.41) is 9.49. The fourth-order valence-electron chi connectivity index (χ4n) is 2.44. The molecule has 0 fully saturated rings. The Morgan fingerprint density at radius 1 is 1.23 bits per heavy atom. The van der Waals surface area contributed by atoms with Crippen LogP contribution in [0.4, 0.5) is 0 Å². The van der Waals surface area contributed by atoms with Crippen molar-refractivity contribution in [3.8, 4) is 17.1 Å². The van der Waals surface area contributed by atoms with E-state index in [-0.39, 0.29) is 0 Å². The highest BCUT2D eigenvalue weighted by atomic mass is 32.2. The van der Waals surface area contributed by atoms with Crippen LogP contribution in [0.2, 0.25) is 0 Å². The van der Waals surface area contributed by atoms with Crippen LogP contribution in [0.5, 0.6) is 5.75 Å². The lowest BCUT2D eigenvalue weighted by molar-refractivity contribution is 0.415. The summed E-state index contributed by atoms with van der Waals surface area (Å²) >= 11 is 2.79. The predicted molar refractivity (Wildman–Crippen MR) is 98.6 cm³/mol. The number of hydrogen-bond acceptors (Lipinski definition) is 8. The molecule has 0 unspecified atom stereocenters. The molecule has 0 saturated carbocycles. The van der Waals surface area contributed by atoms with E-state index in [0.29, 0.717) is 6.54 Å². The molecule has 0 spiro atoms. The van der Waals surface area contributed by atoms with Crippen molar-refractivity contribution in [3.63, 3.8) is 0 Å². The van der Waals surface area contributed by atoms with Gasteiger partial charge in [0.05, 0.1) is 19.9 Å². The highest BCUT2D eigenvalue weighted by Gasteiger charge is 2.18. The van der Waals surface area contributed by atoms with Crippen LogP contribution in [0.25, 0.3) is 11.4 Å². The van der Waals surface area contributed by atoms with E-state index in [4.69, 9.17) is 9.15 Å². The molecule has 1 aromatic carbocycles. The normalized spacial score (nSPS) is 11.0. The van der Waals surface area contributed by atoms with Crippen molar-refractivity contribution in [1.29, 1.82) is 0 Å². The van der Waals surface area contributed by atoms with Crippen molar-refractivity contribution in [1.82, 2.24) is 24.1 Å². The fraction of sp³-hybridized carbons (Fsp3) is 0.176. The van der Waals surface area contributed by atoms with Gasteiger partial charge in [-0.05, 0) is 54.5 Å². The summed E-state index contributed by atoms with van der Waals surface area (Å²) in [5.41, 5.74) is 0.920. The second-order valence-corrected chi connectivity index (χ2v) is 7.38. The van der Waals surface area contributed by atoms with E-state index in [1.165, 1.54) is 23.3 Å². The number of methoxy groups -OCH3 is 1. The predicted octanol–water partition coefficient (Wildman–Crippen LogP) is 3.91. The van der Waals surface area contributed by atoms with Crippen molar-refractivity contribution in [2.45, 2.75) is 23.0 Å². The van der Waals surface area contributed by atoms with Gasteiger partial charge >= 0.3 is 0 Å². The van der Waals surface area contributed by atoms with Gasteiger partial charge in [-0.15, -0.1) is 10.2 Å². The topological polar surface area (TPSA) is 78.9 Å². The molecular weight excluding hydrogens is 370 g/mol. The Hall–Kier alpha value is -2.65. The molecule has 9 heteroatoms. The molecule has 0 amide bonds. The van der Waals surface area contributed by atoms with Crippen LogP contribution in [-0.2, 0) is 6.54 Å². The van der Waals surface area contributed by atoms with Crippen LogP contribution in [0.15, 0.2) is 56.6 Å². The molecule has 3 aromatic heterocycles. The van der Waals surface area contributed by atoms with Crippen LogP contribution in [0.3, 0.4) is 0 Å². The number of nitrogens with zero attached hydrogens (tertiary/aromatic N) is 5. The fourth-order valence-corrected chi connectivity index (χ4v) is 4.02. The van der Waals surface area contributed by atoms with Crippen molar-refractivity contribution in [2.75, 3.05) is 7.11 Å². The Morgan fingerprint density at radius 3 is 2.88 bits per heavy atom. The molecule has 3 heterocycles. The average Bonchev–Trinajstić information content (AvgIpc) is 3.39. The molecule has 0 atom stereocenters. The van der Waals surface area contributed by atoms with Crippen molar-refractivity contribution in [2.24, 2.45) is 0 Å². The second kappa shape index (κ2) is 7.30. The van der Waals surface area contributed by atoms with E-state index in [2.05, 4.69) is 19.6 Å². The van der Waals surface area contributed by atoms with E-state index < -0.39 is 0 Å². The van der Waals surface area contributed by atoms with Gasteiger partial charge in [0, 0.05) is 5.56 Å². The summed E-state index contributed by atoms with van der Waals surface area (Å²) in [6, 6.07) is 11.5. The molecule has 0 N–H and O–H groups in total. The highest BCUT2D eigenvalue weighted by Crippen LogP contribution is 2.32. The third-order valence-corrected chi connectivity index (χ3v) is 5.45. The minimum Gasteiger partial charge on any atom is -0.497 e. The first kappa shape index (κ1) is 16.8. The first-order valence-electron chi connectivity index (χ1n) is 7.81. The zero-order valence-electron chi connectivity index (χ0n) is 14.1. The molecular formula is C17H15N5O2S2. The number of benzene rings is 1. The standard InChI is InChI=1S/C17H15N5O2S2/c1-11-18-17(26-21-11)25-16-20-19-15(12-5-3-6-13(9-12)23-2)22(16)10-14-7-4-8-24-14/h3-9H,10H2,1-2H3. The molecule has 0 saturated heterocycles. The summed E-state index contributed by atoms with van der Waals surface area (Å²) in [5.74, 6) is 3.08. The molecule has 7 nitrogen and oxygen atoms in total. The van der Waals surface area contributed by atoms with E-state index in [0.717, 1.165) is 38.2 Å². The maximum atomic E-state index is 5.52. The number of aryl methyl sites for hydroxylation is 1. The van der Waals surface area contributed by atoms with Gasteiger partial charge in [-0.25, -0.2) is 4.98 Å². The van der Waals surface area contributed by atoms with Crippen molar-refractivity contribution >= 4 is 23.3 Å². The monoisotopic (exact) mass is 385 g/mol. The number of aromatic nitrogens is 5. The summed E-state index contributed by atoms with van der Waals surface area (Å²) in [6.45, 7) is 2.39. The second-order valence-electron chi connectivity index (χ2n) is 5.41. The molecule has 0 aliphatic rings. The van der Waals surface area contributed by atoms with E-state index >= 15 is 0 Å². The lowest BCUT2D eigenvalue weighted by Gasteiger charge is -2.09. The van der Waals surface area contributed by atoms with Gasteiger partial charge in [0.2, 0.25) is 0 Å². The zero-order chi connectivity index (χ0) is 17.9. The Kier molecular flexibility index (Phi) is 4.72. The maximum Gasteiger partial charge on any atom is 0.199 e. The largest absolute Gasteiger partial charge is 0.497 e. The Bertz CT molecular complexity index is 1010. The number of hydrogen-bond donors (Lipinski definition) is 0. The number of furan rings is 1. The Labute approximate surface area is 158 Å². The van der Waals surface area contributed by atoms with E-state index in [1.54, 1.807) is 13.4 Å². The van der Waals surface area contributed by atoms with Gasteiger partial charge in [0.25, 0.3) is 0 Å². The third-order valence-electron chi connectivity index (χ3n) is 3.63. The quantitative estimate of drug-likeness (QED) is 0.498. The third kappa shape index (κ3) is 3.49. The van der Waals surface area contributed by atoms with Gasteiger partial charge in [-0.1, -0.05) is 12.1 Å². The van der Waals surface area contributed by atoms with Gasteiger partial charge < -0.3 is 9.15 Å². The van der Waals surface area contributed by atoms with Crippen molar-refractivity contribution < 1.29 is 9.15 Å². The zero-order valence-corrected chi connectivity index (χ0v) is 15.8. The number of rotatable bonds is 6. The summed E-state index contributed by atoms with van der Waals surface area (Å²) in [6.07, 6.45) is 1.66. The van der Waals surface area contributed by atoms with Gasteiger partial charge in [-0.2, -0.15) is 4.37 Å². The van der Waals surface area contributed by atoms with Crippen LogP contribution in [-0.4, -0.2) is 31.2 Å². The minimum absolute atomic E-state index is 0.520. The van der Waals surface area contributed by atoms with E-state index in [1.807, 2.05) is 47.9 Å². The van der Waals surface area contributed by atoms with Gasteiger partial charge in [0.15, 0.2) is 15.3 Å². The lowest BCUT2D eigenvalue weighted by atomic mass is 10.2. The van der Waals surface area contributed by atoms with Gasteiger partial charge in [-0.3, -0.25) is 4.57 Å². The van der Waals surface area contributed by atoms with Crippen LogP contribution >= 0.6 is 23.3 Å². The molecule has 26 heavy (non-hydrogen) atoms. The molecule has 4 aromatic rings. The molecule has 0 aliphatic heterocycles. The SMILES string of the molecule is COc1cccc(-c2nnc(Sc3nc(C)ns3)n2Cc2ccco2)c1. The summed E-state index contributed by atoms with van der Waals surface area (Å²) in [7, 11) is 1.64. The first-order chi connectivity index (χ1) is 12.7.